The maximum absolute atomic E-state index is 12.5. The second kappa shape index (κ2) is 8.29. The van der Waals surface area contributed by atoms with Crippen LogP contribution in [-0.2, 0) is 4.79 Å². The van der Waals surface area contributed by atoms with Crippen LogP contribution >= 0.6 is 22.9 Å². The molecular formula is C19H18ClN3O2S. The number of halogens is 1. The van der Waals surface area contributed by atoms with Crippen LogP contribution in [0.5, 0.6) is 5.75 Å². The van der Waals surface area contributed by atoms with E-state index in [1.54, 1.807) is 12.1 Å². The van der Waals surface area contributed by atoms with Crippen LogP contribution in [-0.4, -0.2) is 22.2 Å². The van der Waals surface area contributed by atoms with E-state index in [1.165, 1.54) is 11.3 Å². The Balaban J connectivity index is 1.67. The molecule has 0 saturated carbocycles. The maximum atomic E-state index is 12.5. The molecule has 1 amide bonds. The first-order chi connectivity index (χ1) is 12.5. The molecule has 3 aromatic rings. The number of hydrogen-bond donors (Lipinski definition) is 1. The predicted octanol–water partition coefficient (Wildman–Crippen LogP) is 4.96. The van der Waals surface area contributed by atoms with E-state index < -0.39 is 6.10 Å². The van der Waals surface area contributed by atoms with Gasteiger partial charge in [-0.3, -0.25) is 10.1 Å². The Morgan fingerprint density at radius 3 is 2.69 bits per heavy atom. The lowest BCUT2D eigenvalue weighted by atomic mass is 10.2. The van der Waals surface area contributed by atoms with Crippen LogP contribution < -0.4 is 10.1 Å². The van der Waals surface area contributed by atoms with Crippen LogP contribution in [0.2, 0.25) is 5.02 Å². The average molecular weight is 388 g/mol. The highest BCUT2D eigenvalue weighted by Gasteiger charge is 2.20. The van der Waals surface area contributed by atoms with Gasteiger partial charge in [0.1, 0.15) is 10.8 Å². The van der Waals surface area contributed by atoms with Crippen molar-refractivity contribution >= 4 is 34.0 Å². The molecule has 0 fully saturated rings. The summed E-state index contributed by atoms with van der Waals surface area (Å²) in [5.74, 6) is 0.430. The summed E-state index contributed by atoms with van der Waals surface area (Å²) in [5, 5.41) is 12.8. The number of aromatic nitrogens is 2. The molecule has 7 heteroatoms. The lowest BCUT2D eigenvalue weighted by Gasteiger charge is -2.16. The van der Waals surface area contributed by atoms with Crippen molar-refractivity contribution in [2.24, 2.45) is 0 Å². The van der Waals surface area contributed by atoms with Gasteiger partial charge in [-0.05, 0) is 43.2 Å². The first-order valence-corrected chi connectivity index (χ1v) is 9.38. The molecule has 0 aliphatic rings. The molecule has 5 nitrogen and oxygen atoms in total. The Bertz CT molecular complexity index is 896. The van der Waals surface area contributed by atoms with E-state index in [4.69, 9.17) is 16.3 Å². The number of rotatable bonds is 6. The van der Waals surface area contributed by atoms with Crippen LogP contribution in [0.25, 0.3) is 10.6 Å². The van der Waals surface area contributed by atoms with Crippen LogP contribution in [0, 0.1) is 6.92 Å². The minimum absolute atomic E-state index is 0.243. The van der Waals surface area contributed by atoms with Gasteiger partial charge in [-0.15, -0.1) is 10.2 Å². The Morgan fingerprint density at radius 1 is 1.23 bits per heavy atom. The molecule has 3 rings (SSSR count). The number of aryl methyl sites for hydroxylation is 1. The number of benzene rings is 2. The fraction of sp³-hybridized carbons (Fsp3) is 0.211. The lowest BCUT2D eigenvalue weighted by molar-refractivity contribution is -0.122. The van der Waals surface area contributed by atoms with Gasteiger partial charge in [0.15, 0.2) is 6.10 Å². The SMILES string of the molecule is CC[C@H](Oc1cccc(C)c1)C(=O)Nc1nnc(-c2ccc(Cl)cc2)s1. The minimum atomic E-state index is -0.598. The lowest BCUT2D eigenvalue weighted by Crippen LogP contribution is -2.32. The summed E-state index contributed by atoms with van der Waals surface area (Å²) in [6.07, 6.45) is -0.0533. The summed E-state index contributed by atoms with van der Waals surface area (Å²) in [5.41, 5.74) is 1.98. The quantitative estimate of drug-likeness (QED) is 0.649. The van der Waals surface area contributed by atoms with E-state index in [0.29, 0.717) is 27.3 Å². The van der Waals surface area contributed by atoms with E-state index in [9.17, 15) is 4.79 Å². The van der Waals surface area contributed by atoms with Crippen molar-refractivity contribution in [2.45, 2.75) is 26.4 Å². The van der Waals surface area contributed by atoms with Gasteiger partial charge < -0.3 is 4.74 Å². The molecule has 0 spiro atoms. The van der Waals surface area contributed by atoms with Crippen molar-refractivity contribution in [2.75, 3.05) is 5.32 Å². The Labute approximate surface area is 161 Å². The van der Waals surface area contributed by atoms with Gasteiger partial charge in [0.25, 0.3) is 5.91 Å². The largest absolute Gasteiger partial charge is 0.481 e. The van der Waals surface area contributed by atoms with Gasteiger partial charge in [-0.1, -0.05) is 54.1 Å². The molecule has 0 aliphatic carbocycles. The van der Waals surface area contributed by atoms with Crippen molar-refractivity contribution in [3.63, 3.8) is 0 Å². The number of carbonyl (C=O) groups is 1. The molecule has 134 valence electrons. The van der Waals surface area contributed by atoms with Gasteiger partial charge in [0, 0.05) is 10.6 Å². The Morgan fingerprint density at radius 2 is 2.00 bits per heavy atom. The molecule has 0 unspecified atom stereocenters. The highest BCUT2D eigenvalue weighted by Crippen LogP contribution is 2.27. The number of nitrogens with zero attached hydrogens (tertiary/aromatic N) is 2. The third-order valence-corrected chi connectivity index (χ3v) is 4.82. The van der Waals surface area contributed by atoms with Crippen LogP contribution in [0.15, 0.2) is 48.5 Å². The third-order valence-electron chi connectivity index (χ3n) is 3.68. The molecule has 2 aromatic carbocycles. The molecule has 0 radical (unpaired) electrons. The van der Waals surface area contributed by atoms with Crippen LogP contribution in [0.4, 0.5) is 5.13 Å². The van der Waals surface area contributed by atoms with Gasteiger partial charge in [0.05, 0.1) is 0 Å². The number of nitrogens with one attached hydrogen (secondary N) is 1. The summed E-state index contributed by atoms with van der Waals surface area (Å²) in [6, 6.07) is 14.9. The smallest absolute Gasteiger partial charge is 0.267 e. The van der Waals surface area contributed by atoms with E-state index in [-0.39, 0.29) is 5.91 Å². The topological polar surface area (TPSA) is 64.1 Å². The zero-order chi connectivity index (χ0) is 18.5. The maximum Gasteiger partial charge on any atom is 0.267 e. The van der Waals surface area contributed by atoms with Crippen LogP contribution in [0.3, 0.4) is 0 Å². The van der Waals surface area contributed by atoms with Gasteiger partial charge in [-0.2, -0.15) is 0 Å². The summed E-state index contributed by atoms with van der Waals surface area (Å²) in [4.78, 5) is 12.5. The van der Waals surface area contributed by atoms with E-state index in [2.05, 4.69) is 15.5 Å². The molecule has 1 atom stereocenters. The highest BCUT2D eigenvalue weighted by molar-refractivity contribution is 7.18. The van der Waals surface area contributed by atoms with Gasteiger partial charge in [0.2, 0.25) is 5.13 Å². The monoisotopic (exact) mass is 387 g/mol. The summed E-state index contributed by atoms with van der Waals surface area (Å²) < 4.78 is 5.81. The molecular weight excluding hydrogens is 370 g/mol. The zero-order valence-electron chi connectivity index (χ0n) is 14.4. The normalized spacial score (nSPS) is 11.8. The van der Waals surface area contributed by atoms with Crippen LogP contribution in [0.1, 0.15) is 18.9 Å². The second-order valence-electron chi connectivity index (χ2n) is 5.74. The number of anilines is 1. The van der Waals surface area contributed by atoms with E-state index >= 15 is 0 Å². The van der Waals surface area contributed by atoms with Crippen molar-refractivity contribution < 1.29 is 9.53 Å². The summed E-state index contributed by atoms with van der Waals surface area (Å²) >= 11 is 7.20. The molecule has 0 saturated heterocycles. The van der Waals surface area contributed by atoms with Gasteiger partial charge in [-0.25, -0.2) is 0 Å². The fourth-order valence-electron chi connectivity index (χ4n) is 2.34. The molecule has 0 aliphatic heterocycles. The number of carbonyl (C=O) groups excluding carboxylic acids is 1. The third kappa shape index (κ3) is 4.59. The molecule has 1 heterocycles. The van der Waals surface area contributed by atoms with E-state index in [1.807, 2.05) is 50.2 Å². The van der Waals surface area contributed by atoms with Gasteiger partial charge >= 0.3 is 0 Å². The summed E-state index contributed by atoms with van der Waals surface area (Å²) in [6.45, 7) is 3.88. The number of ether oxygens (including phenoxy) is 1. The first-order valence-electron chi connectivity index (χ1n) is 8.19. The summed E-state index contributed by atoms with van der Waals surface area (Å²) in [7, 11) is 0. The van der Waals surface area contributed by atoms with Crippen molar-refractivity contribution in [1.29, 1.82) is 0 Å². The minimum Gasteiger partial charge on any atom is -0.481 e. The first kappa shape index (κ1) is 18.4. The standard InChI is InChI=1S/C19H18ClN3O2S/c1-3-16(25-15-6-4-5-12(2)11-15)17(24)21-19-23-22-18(26-19)13-7-9-14(20)10-8-13/h4-11,16H,3H2,1-2H3,(H,21,23,24)/t16-/m0/s1. The van der Waals surface area contributed by atoms with Crippen molar-refractivity contribution in [1.82, 2.24) is 10.2 Å². The Kier molecular flexibility index (Phi) is 5.85. The molecule has 1 aromatic heterocycles. The van der Waals surface area contributed by atoms with Crippen molar-refractivity contribution in [3.8, 4) is 16.3 Å². The second-order valence-corrected chi connectivity index (χ2v) is 7.15. The molecule has 1 N–H and O–H groups in total. The highest BCUT2D eigenvalue weighted by atomic mass is 35.5. The predicted molar refractivity (Wildman–Crippen MR) is 105 cm³/mol. The van der Waals surface area contributed by atoms with Crippen molar-refractivity contribution in [3.05, 3.63) is 59.1 Å². The number of hydrogen-bond acceptors (Lipinski definition) is 5. The molecule has 0 bridgehead atoms. The average Bonchev–Trinajstić information content (AvgIpc) is 3.08. The molecule has 26 heavy (non-hydrogen) atoms. The fourth-order valence-corrected chi connectivity index (χ4v) is 3.22. The number of amides is 1. The zero-order valence-corrected chi connectivity index (χ0v) is 16.0. The Hall–Kier alpha value is -2.44. The van der Waals surface area contributed by atoms with E-state index in [0.717, 1.165) is 11.1 Å².